The molecule has 3 aromatic rings. The fourth-order valence-electron chi connectivity index (χ4n) is 2.83. The number of halogens is 1. The number of rotatable bonds is 7. The lowest BCUT2D eigenvalue weighted by Crippen LogP contribution is -2.40. The summed E-state index contributed by atoms with van der Waals surface area (Å²) in [7, 11) is 1.47. The van der Waals surface area contributed by atoms with Gasteiger partial charge in [0.05, 0.1) is 5.75 Å². The van der Waals surface area contributed by atoms with Crippen molar-refractivity contribution in [2.45, 2.75) is 18.1 Å². The van der Waals surface area contributed by atoms with Crippen LogP contribution >= 0.6 is 11.8 Å². The van der Waals surface area contributed by atoms with Gasteiger partial charge in [0.25, 0.3) is 0 Å². The maximum atomic E-state index is 13.5. The summed E-state index contributed by atoms with van der Waals surface area (Å²) < 4.78 is 15.3. The second-order valence-corrected chi connectivity index (χ2v) is 7.41. The summed E-state index contributed by atoms with van der Waals surface area (Å²) >= 11 is 1.19. The predicted octanol–water partition coefficient (Wildman–Crippen LogP) is 2.49. The van der Waals surface area contributed by atoms with Gasteiger partial charge in [0.2, 0.25) is 11.8 Å². The number of nitrogens with zero attached hydrogens (tertiary/aromatic N) is 4. The van der Waals surface area contributed by atoms with E-state index in [4.69, 9.17) is 5.73 Å². The normalized spacial score (nSPS) is 11.8. The summed E-state index contributed by atoms with van der Waals surface area (Å²) in [5, 5.41) is 8.51. The van der Waals surface area contributed by atoms with Crippen molar-refractivity contribution in [2.75, 3.05) is 12.8 Å². The van der Waals surface area contributed by atoms with Gasteiger partial charge >= 0.3 is 0 Å². The Balaban J connectivity index is 1.73. The molecule has 9 heteroatoms. The van der Waals surface area contributed by atoms with Gasteiger partial charge in [-0.1, -0.05) is 41.6 Å². The Morgan fingerprint density at radius 3 is 2.62 bits per heavy atom. The summed E-state index contributed by atoms with van der Waals surface area (Å²) in [5.74, 6) is -1.57. The van der Waals surface area contributed by atoms with Gasteiger partial charge in [-0.25, -0.2) is 4.39 Å². The van der Waals surface area contributed by atoms with E-state index in [0.717, 1.165) is 11.3 Å². The Morgan fingerprint density at radius 1 is 1.24 bits per heavy atom. The molecule has 0 aliphatic rings. The number of benzene rings is 2. The van der Waals surface area contributed by atoms with E-state index < -0.39 is 17.8 Å². The molecule has 29 heavy (non-hydrogen) atoms. The van der Waals surface area contributed by atoms with Gasteiger partial charge in [-0.3, -0.25) is 14.2 Å². The minimum atomic E-state index is -1.06. The van der Waals surface area contributed by atoms with Crippen molar-refractivity contribution in [1.29, 1.82) is 0 Å². The molecule has 1 atom stereocenters. The van der Waals surface area contributed by atoms with Gasteiger partial charge in [0, 0.05) is 12.7 Å². The first kappa shape index (κ1) is 20.5. The largest absolute Gasteiger partial charge is 0.368 e. The summed E-state index contributed by atoms with van der Waals surface area (Å²) in [6.07, 6.45) is 1.57. The topological polar surface area (TPSA) is 94.1 Å². The van der Waals surface area contributed by atoms with Crippen LogP contribution in [0.4, 0.5) is 4.39 Å². The first-order valence-corrected chi connectivity index (χ1v) is 9.75. The van der Waals surface area contributed by atoms with Gasteiger partial charge in [0.15, 0.2) is 5.16 Å². The van der Waals surface area contributed by atoms with Gasteiger partial charge in [0.1, 0.15) is 18.2 Å². The van der Waals surface area contributed by atoms with Crippen LogP contribution in [0.5, 0.6) is 0 Å². The molecular formula is C20H20FN5O2S. The zero-order chi connectivity index (χ0) is 21.0. The molecule has 0 aliphatic carbocycles. The first-order chi connectivity index (χ1) is 13.9. The van der Waals surface area contributed by atoms with Crippen molar-refractivity contribution in [3.8, 4) is 5.69 Å². The van der Waals surface area contributed by atoms with Gasteiger partial charge < -0.3 is 10.6 Å². The zero-order valence-corrected chi connectivity index (χ0v) is 16.8. The Labute approximate surface area is 171 Å². The van der Waals surface area contributed by atoms with Crippen molar-refractivity contribution in [3.63, 3.8) is 0 Å². The number of amides is 2. The van der Waals surface area contributed by atoms with Crippen LogP contribution in [0.3, 0.4) is 0 Å². The van der Waals surface area contributed by atoms with Crippen molar-refractivity contribution in [2.24, 2.45) is 5.73 Å². The molecule has 2 amide bonds. The van der Waals surface area contributed by atoms with Crippen LogP contribution in [0.2, 0.25) is 0 Å². The van der Waals surface area contributed by atoms with Crippen LogP contribution in [-0.2, 0) is 9.59 Å². The average Bonchev–Trinajstić information content (AvgIpc) is 3.15. The second-order valence-electron chi connectivity index (χ2n) is 6.47. The molecule has 0 fully saturated rings. The minimum absolute atomic E-state index is 0.0140. The lowest BCUT2D eigenvalue weighted by Gasteiger charge is -2.26. The SMILES string of the molecule is Cc1ccc(-n2cnnc2SCC(=O)N(C)C(C(N)=O)c2cccc(F)c2)cc1. The molecule has 7 nitrogen and oxygen atoms in total. The lowest BCUT2D eigenvalue weighted by molar-refractivity contribution is -0.136. The first-order valence-electron chi connectivity index (χ1n) is 8.77. The van der Waals surface area contributed by atoms with Crippen molar-refractivity contribution in [3.05, 3.63) is 71.8 Å². The third-order valence-electron chi connectivity index (χ3n) is 4.37. The number of hydrogen-bond acceptors (Lipinski definition) is 5. The van der Waals surface area contributed by atoms with Crippen LogP contribution in [0.25, 0.3) is 5.69 Å². The van der Waals surface area contributed by atoms with Crippen LogP contribution < -0.4 is 5.73 Å². The van der Waals surface area contributed by atoms with E-state index in [0.29, 0.717) is 10.7 Å². The highest BCUT2D eigenvalue weighted by atomic mass is 32.2. The third kappa shape index (κ3) is 4.80. The predicted molar refractivity (Wildman–Crippen MR) is 108 cm³/mol. The summed E-state index contributed by atoms with van der Waals surface area (Å²) in [4.78, 5) is 25.8. The van der Waals surface area contributed by atoms with Crippen LogP contribution in [0.1, 0.15) is 17.2 Å². The van der Waals surface area contributed by atoms with E-state index in [2.05, 4.69) is 10.2 Å². The smallest absolute Gasteiger partial charge is 0.244 e. The number of primary amides is 1. The van der Waals surface area contributed by atoms with Crippen LogP contribution in [0.15, 0.2) is 60.0 Å². The molecule has 3 rings (SSSR count). The van der Waals surface area contributed by atoms with Gasteiger partial charge in [-0.2, -0.15) is 0 Å². The van der Waals surface area contributed by atoms with E-state index in [1.54, 1.807) is 17.0 Å². The molecule has 0 radical (unpaired) electrons. The maximum absolute atomic E-state index is 13.5. The highest BCUT2D eigenvalue weighted by Gasteiger charge is 2.27. The second kappa shape index (κ2) is 8.87. The van der Waals surface area contributed by atoms with Crippen LogP contribution in [0, 0.1) is 12.7 Å². The summed E-state index contributed by atoms with van der Waals surface area (Å²) in [6.45, 7) is 1.99. The van der Waals surface area contributed by atoms with Crippen molar-refractivity contribution in [1.82, 2.24) is 19.7 Å². The summed E-state index contributed by atoms with van der Waals surface area (Å²) in [6, 6.07) is 12.2. The van der Waals surface area contributed by atoms with E-state index >= 15 is 0 Å². The lowest BCUT2D eigenvalue weighted by atomic mass is 10.0. The Bertz CT molecular complexity index is 1020. The monoisotopic (exact) mass is 413 g/mol. The molecule has 1 heterocycles. The molecule has 0 saturated heterocycles. The minimum Gasteiger partial charge on any atom is -0.368 e. The number of hydrogen-bond donors (Lipinski definition) is 1. The Kier molecular flexibility index (Phi) is 6.28. The molecule has 0 aliphatic heterocycles. The Hall–Kier alpha value is -3.20. The fraction of sp³-hybridized carbons (Fsp3) is 0.200. The molecular weight excluding hydrogens is 393 g/mol. The molecule has 1 unspecified atom stereocenters. The quantitative estimate of drug-likeness (QED) is 0.601. The molecule has 0 saturated carbocycles. The number of likely N-dealkylation sites (N-methyl/N-ethyl adjacent to an activating group) is 1. The van der Waals surface area contributed by atoms with Crippen molar-refractivity contribution < 1.29 is 14.0 Å². The number of aromatic nitrogens is 3. The van der Waals surface area contributed by atoms with Crippen LogP contribution in [-0.4, -0.2) is 44.3 Å². The molecule has 150 valence electrons. The maximum Gasteiger partial charge on any atom is 0.244 e. The molecule has 0 spiro atoms. The zero-order valence-electron chi connectivity index (χ0n) is 15.9. The van der Waals surface area contributed by atoms with E-state index in [-0.39, 0.29) is 11.7 Å². The van der Waals surface area contributed by atoms with E-state index in [1.807, 2.05) is 31.2 Å². The molecule has 1 aromatic heterocycles. The number of nitrogens with two attached hydrogens (primary N) is 1. The Morgan fingerprint density at radius 2 is 1.97 bits per heavy atom. The number of thioether (sulfide) groups is 1. The summed E-state index contributed by atoms with van der Waals surface area (Å²) in [5.41, 5.74) is 7.79. The molecule has 0 bridgehead atoms. The number of carbonyl (C=O) groups is 2. The average molecular weight is 413 g/mol. The fourth-order valence-corrected chi connectivity index (χ4v) is 3.69. The van der Waals surface area contributed by atoms with E-state index in [1.165, 1.54) is 41.9 Å². The van der Waals surface area contributed by atoms with E-state index in [9.17, 15) is 14.0 Å². The van der Waals surface area contributed by atoms with Gasteiger partial charge in [-0.05, 0) is 36.8 Å². The third-order valence-corrected chi connectivity index (χ3v) is 5.30. The molecule has 2 aromatic carbocycles. The number of aryl methyl sites for hydroxylation is 1. The highest BCUT2D eigenvalue weighted by Crippen LogP contribution is 2.24. The molecule has 2 N–H and O–H groups in total. The van der Waals surface area contributed by atoms with Crippen molar-refractivity contribution >= 4 is 23.6 Å². The highest BCUT2D eigenvalue weighted by molar-refractivity contribution is 7.99. The standard InChI is InChI=1S/C20H20FN5O2S/c1-13-6-8-16(9-7-13)26-12-23-24-20(26)29-11-17(27)25(2)18(19(22)28)14-4-3-5-15(21)10-14/h3-10,12,18H,11H2,1-2H3,(H2,22,28). The number of carbonyl (C=O) groups excluding carboxylic acids is 2. The van der Waals surface area contributed by atoms with Gasteiger partial charge in [-0.15, -0.1) is 10.2 Å².